The minimum Gasteiger partial charge on any atom is -0.478 e. The summed E-state index contributed by atoms with van der Waals surface area (Å²) in [5.41, 5.74) is 3.62. The Hall–Kier alpha value is -2.88. The Morgan fingerprint density at radius 2 is 1.95 bits per heavy atom. The number of aromatic carboxylic acids is 1. The van der Waals surface area contributed by atoms with Gasteiger partial charge in [0, 0.05) is 11.6 Å². The van der Waals surface area contributed by atoms with E-state index in [2.05, 4.69) is 11.7 Å². The number of allylic oxidation sites excluding steroid dienone is 5. The lowest BCUT2D eigenvalue weighted by molar-refractivity contribution is 0.0697. The van der Waals surface area contributed by atoms with Gasteiger partial charge in [-0.05, 0) is 31.6 Å². The van der Waals surface area contributed by atoms with Gasteiger partial charge < -0.3 is 9.63 Å². The molecule has 0 aliphatic heterocycles. The average molecular weight is 295 g/mol. The third kappa shape index (κ3) is 3.61. The van der Waals surface area contributed by atoms with Gasteiger partial charge in [-0.3, -0.25) is 0 Å². The van der Waals surface area contributed by atoms with Crippen molar-refractivity contribution in [3.63, 3.8) is 0 Å². The zero-order chi connectivity index (χ0) is 16.1. The number of benzene rings is 1. The lowest BCUT2D eigenvalue weighted by atomic mass is 10.1. The smallest absolute Gasteiger partial charge is 0.335 e. The molecule has 112 valence electrons. The van der Waals surface area contributed by atoms with Gasteiger partial charge in [0.05, 0.1) is 5.56 Å². The van der Waals surface area contributed by atoms with Gasteiger partial charge in [0.15, 0.2) is 5.76 Å². The van der Waals surface area contributed by atoms with E-state index >= 15 is 0 Å². The molecule has 0 spiro atoms. The normalized spacial score (nSPS) is 11.8. The lowest BCUT2D eigenvalue weighted by Crippen LogP contribution is -1.94. The third-order valence-electron chi connectivity index (χ3n) is 3.08. The Morgan fingerprint density at radius 1 is 1.27 bits per heavy atom. The molecule has 1 aromatic heterocycles. The highest BCUT2D eigenvalue weighted by Crippen LogP contribution is 2.24. The number of rotatable bonds is 5. The van der Waals surface area contributed by atoms with Crippen LogP contribution in [0.3, 0.4) is 0 Å². The van der Waals surface area contributed by atoms with Gasteiger partial charge in [-0.1, -0.05) is 47.7 Å². The first-order valence-corrected chi connectivity index (χ1v) is 6.82. The van der Waals surface area contributed by atoms with Gasteiger partial charge >= 0.3 is 5.97 Å². The molecule has 4 heteroatoms. The van der Waals surface area contributed by atoms with E-state index in [0.717, 1.165) is 22.4 Å². The maximum Gasteiger partial charge on any atom is 0.335 e. The molecule has 0 fully saturated rings. The highest BCUT2D eigenvalue weighted by atomic mass is 16.5. The Labute approximate surface area is 129 Å². The summed E-state index contributed by atoms with van der Waals surface area (Å²) in [6.07, 6.45) is 5.78. The van der Waals surface area contributed by atoms with Crippen LogP contribution in [0.5, 0.6) is 0 Å². The molecule has 0 amide bonds. The molecule has 0 bridgehead atoms. The van der Waals surface area contributed by atoms with E-state index in [9.17, 15) is 4.79 Å². The van der Waals surface area contributed by atoms with Crippen molar-refractivity contribution >= 4 is 11.5 Å². The Morgan fingerprint density at radius 3 is 2.50 bits per heavy atom. The molecule has 0 saturated heterocycles. The van der Waals surface area contributed by atoms with Gasteiger partial charge in [-0.2, -0.15) is 0 Å². The van der Waals surface area contributed by atoms with Crippen LogP contribution in [0, 0.1) is 0 Å². The van der Waals surface area contributed by atoms with Crippen molar-refractivity contribution in [1.29, 1.82) is 0 Å². The van der Waals surface area contributed by atoms with Crippen molar-refractivity contribution in [1.82, 2.24) is 5.16 Å². The van der Waals surface area contributed by atoms with Crippen LogP contribution in [0.1, 0.15) is 29.9 Å². The number of hydrogen-bond acceptors (Lipinski definition) is 3. The molecule has 1 heterocycles. The zero-order valence-electron chi connectivity index (χ0n) is 12.5. The highest BCUT2D eigenvalue weighted by Gasteiger charge is 2.10. The second-order valence-corrected chi connectivity index (χ2v) is 4.88. The molecular formula is C18H17NO3. The molecule has 0 aliphatic carbocycles. The first kappa shape index (κ1) is 15.5. The number of carbonyl (C=O) groups is 1. The van der Waals surface area contributed by atoms with Crippen molar-refractivity contribution in [2.24, 2.45) is 0 Å². The van der Waals surface area contributed by atoms with E-state index in [4.69, 9.17) is 9.63 Å². The van der Waals surface area contributed by atoms with E-state index in [1.807, 2.05) is 38.1 Å². The maximum absolute atomic E-state index is 10.8. The van der Waals surface area contributed by atoms with E-state index in [0.29, 0.717) is 5.76 Å². The van der Waals surface area contributed by atoms with Crippen molar-refractivity contribution in [3.8, 4) is 11.3 Å². The number of nitrogens with zero attached hydrogens (tertiary/aromatic N) is 1. The van der Waals surface area contributed by atoms with Crippen molar-refractivity contribution in [2.45, 2.75) is 13.8 Å². The van der Waals surface area contributed by atoms with Gasteiger partial charge in [0.25, 0.3) is 0 Å². The topological polar surface area (TPSA) is 63.3 Å². The predicted octanol–water partition coefficient (Wildman–Crippen LogP) is 4.58. The summed E-state index contributed by atoms with van der Waals surface area (Å²) < 4.78 is 5.35. The van der Waals surface area contributed by atoms with Crippen LogP contribution in [0.15, 0.2) is 65.2 Å². The van der Waals surface area contributed by atoms with E-state index in [-0.39, 0.29) is 5.56 Å². The second-order valence-electron chi connectivity index (χ2n) is 4.88. The standard InChI is InChI=1S/C18H17NO3/c1-4-13(6-5-12(2)3)16-11-17(22-19-16)14-7-9-15(10-8-14)18(20)21/h4-11H,2H2,1,3H3,(H,20,21)/b6-5-,13-4+. The maximum atomic E-state index is 10.8. The zero-order valence-corrected chi connectivity index (χ0v) is 12.5. The third-order valence-corrected chi connectivity index (χ3v) is 3.08. The van der Waals surface area contributed by atoms with Crippen LogP contribution < -0.4 is 0 Å². The van der Waals surface area contributed by atoms with E-state index in [1.54, 1.807) is 12.1 Å². The minimum atomic E-state index is -0.953. The average Bonchev–Trinajstić information content (AvgIpc) is 2.97. The first-order chi connectivity index (χ1) is 10.5. The largest absolute Gasteiger partial charge is 0.478 e. The monoisotopic (exact) mass is 295 g/mol. The van der Waals surface area contributed by atoms with Crippen molar-refractivity contribution in [2.75, 3.05) is 0 Å². The molecule has 0 atom stereocenters. The molecule has 22 heavy (non-hydrogen) atoms. The second kappa shape index (κ2) is 6.72. The van der Waals surface area contributed by atoms with Crippen LogP contribution >= 0.6 is 0 Å². The Kier molecular flexibility index (Phi) is 4.73. The number of carboxylic acid groups (broad SMARTS) is 1. The fraction of sp³-hybridized carbons (Fsp3) is 0.111. The number of aromatic nitrogens is 1. The predicted molar refractivity (Wildman–Crippen MR) is 86.5 cm³/mol. The molecule has 4 nitrogen and oxygen atoms in total. The molecule has 0 aliphatic rings. The fourth-order valence-corrected chi connectivity index (χ4v) is 1.89. The summed E-state index contributed by atoms with van der Waals surface area (Å²) in [6, 6.07) is 8.31. The Balaban J connectivity index is 2.27. The molecule has 0 saturated carbocycles. The van der Waals surface area contributed by atoms with Crippen LogP contribution in [-0.2, 0) is 0 Å². The first-order valence-electron chi connectivity index (χ1n) is 6.82. The molecular weight excluding hydrogens is 278 g/mol. The molecule has 1 aromatic carbocycles. The van der Waals surface area contributed by atoms with Crippen molar-refractivity contribution in [3.05, 3.63) is 72.0 Å². The van der Waals surface area contributed by atoms with Crippen LogP contribution in [0.4, 0.5) is 0 Å². The van der Waals surface area contributed by atoms with E-state index < -0.39 is 5.97 Å². The van der Waals surface area contributed by atoms with E-state index in [1.165, 1.54) is 12.1 Å². The molecule has 0 unspecified atom stereocenters. The summed E-state index contributed by atoms with van der Waals surface area (Å²) in [6.45, 7) is 7.67. The van der Waals surface area contributed by atoms with Crippen LogP contribution in [0.25, 0.3) is 16.9 Å². The van der Waals surface area contributed by atoms with Gasteiger partial charge in [-0.15, -0.1) is 0 Å². The number of hydrogen-bond donors (Lipinski definition) is 1. The molecule has 2 aromatic rings. The fourth-order valence-electron chi connectivity index (χ4n) is 1.89. The molecule has 2 rings (SSSR count). The summed E-state index contributed by atoms with van der Waals surface area (Å²) in [4.78, 5) is 10.8. The summed E-state index contributed by atoms with van der Waals surface area (Å²) in [7, 11) is 0. The highest BCUT2D eigenvalue weighted by molar-refractivity contribution is 5.88. The van der Waals surface area contributed by atoms with Crippen molar-refractivity contribution < 1.29 is 14.4 Å². The Bertz CT molecular complexity index is 749. The molecule has 1 N–H and O–H groups in total. The number of carboxylic acids is 1. The summed E-state index contributed by atoms with van der Waals surface area (Å²) in [5, 5.41) is 13.0. The quantitative estimate of drug-likeness (QED) is 0.820. The van der Waals surface area contributed by atoms with Crippen LogP contribution in [-0.4, -0.2) is 16.2 Å². The molecule has 0 radical (unpaired) electrons. The summed E-state index contributed by atoms with van der Waals surface area (Å²) >= 11 is 0. The van der Waals surface area contributed by atoms with Crippen LogP contribution in [0.2, 0.25) is 0 Å². The lowest BCUT2D eigenvalue weighted by Gasteiger charge is -1.97. The van der Waals surface area contributed by atoms with Gasteiger partial charge in [0.2, 0.25) is 0 Å². The summed E-state index contributed by atoms with van der Waals surface area (Å²) in [5.74, 6) is -0.360. The van der Waals surface area contributed by atoms with Gasteiger partial charge in [0.1, 0.15) is 5.69 Å². The van der Waals surface area contributed by atoms with Gasteiger partial charge in [-0.25, -0.2) is 4.79 Å². The SMILES string of the molecule is C=C(C)/C=C\C(=C/C)c1cc(-c2ccc(C(=O)O)cc2)on1. The minimum absolute atomic E-state index is 0.238.